The van der Waals surface area contributed by atoms with Crippen LogP contribution in [0.25, 0.3) is 0 Å². The van der Waals surface area contributed by atoms with Crippen LogP contribution < -0.4 is 0 Å². The Morgan fingerprint density at radius 3 is 1.48 bits per heavy atom. The van der Waals surface area contributed by atoms with Gasteiger partial charge in [0, 0.05) is 0 Å². The molecule has 13 N–H and O–H groups in total. The van der Waals surface area contributed by atoms with Crippen molar-refractivity contribution < 1.29 is 109 Å². The van der Waals surface area contributed by atoms with Crippen LogP contribution in [0.4, 0.5) is 0 Å². The summed E-state index contributed by atoms with van der Waals surface area (Å²) in [5.74, 6) is 0. The van der Waals surface area contributed by atoms with E-state index in [1.165, 1.54) is 13.8 Å². The van der Waals surface area contributed by atoms with Crippen molar-refractivity contribution >= 4 is 0 Å². The zero-order valence-corrected chi connectivity index (χ0v) is 26.9. The average Bonchev–Trinajstić information content (AvgIpc) is 3.09. The molecule has 0 amide bonds. The Kier molecular flexibility index (Phi) is 13.4. The fourth-order valence-corrected chi connectivity index (χ4v) is 6.28. The van der Waals surface area contributed by atoms with E-state index in [4.69, 9.17) is 42.6 Å². The smallest absolute Gasteiger partial charge is 0.187 e. The minimum atomic E-state index is -1.92. The van der Waals surface area contributed by atoms with Crippen LogP contribution in [0.2, 0.25) is 0 Å². The Balaban J connectivity index is 1.36. The van der Waals surface area contributed by atoms with Crippen molar-refractivity contribution in [1.29, 1.82) is 0 Å². The third-order valence-electron chi connectivity index (χ3n) is 9.48. The van der Waals surface area contributed by atoms with E-state index in [1.54, 1.807) is 0 Å². The Morgan fingerprint density at radius 2 is 0.940 bits per heavy atom. The summed E-state index contributed by atoms with van der Waals surface area (Å²) in [5.41, 5.74) is 0. The fraction of sp³-hybridized carbons (Fsp3) is 1.00. The summed E-state index contributed by atoms with van der Waals surface area (Å²) in [4.78, 5) is 0. The van der Waals surface area contributed by atoms with Gasteiger partial charge in [0.05, 0.1) is 32.0 Å². The molecule has 0 aromatic heterocycles. The van der Waals surface area contributed by atoms with E-state index in [9.17, 15) is 66.4 Å². The monoisotopic (exact) mass is 736 g/mol. The molecule has 1 unspecified atom stereocenters. The van der Waals surface area contributed by atoms with Crippen LogP contribution in [0.5, 0.6) is 0 Å². The van der Waals surface area contributed by atoms with Gasteiger partial charge in [0.1, 0.15) is 97.7 Å². The summed E-state index contributed by atoms with van der Waals surface area (Å²) in [6.07, 6.45) is -37.9. The first-order valence-corrected chi connectivity index (χ1v) is 16.1. The van der Waals surface area contributed by atoms with Crippen molar-refractivity contribution in [1.82, 2.24) is 0 Å². The number of rotatable bonds is 9. The second-order valence-electron chi connectivity index (χ2n) is 13.0. The van der Waals surface area contributed by atoms with Gasteiger partial charge in [0.15, 0.2) is 31.5 Å². The van der Waals surface area contributed by atoms with Crippen LogP contribution in [0.15, 0.2) is 0 Å². The lowest BCUT2D eigenvalue weighted by Gasteiger charge is -2.48. The Morgan fingerprint density at radius 1 is 0.460 bits per heavy atom. The van der Waals surface area contributed by atoms with Gasteiger partial charge in [-0.3, -0.25) is 0 Å². The summed E-state index contributed by atoms with van der Waals surface area (Å²) in [5, 5.41) is 135. The molecule has 5 saturated heterocycles. The molecule has 22 nitrogen and oxygen atoms in total. The topological polar surface area (TPSA) is 346 Å². The van der Waals surface area contributed by atoms with Crippen molar-refractivity contribution in [3.05, 3.63) is 0 Å². The number of aliphatic hydroxyl groups excluding tert-OH is 13. The minimum Gasteiger partial charge on any atom is -0.394 e. The highest BCUT2D eigenvalue weighted by Gasteiger charge is 2.54. The van der Waals surface area contributed by atoms with Crippen molar-refractivity contribution in [3.63, 3.8) is 0 Å². The molecule has 0 bridgehead atoms. The molecule has 0 aromatic carbocycles. The first-order valence-electron chi connectivity index (χ1n) is 16.1. The molecule has 292 valence electrons. The number of hydrogen-bond donors (Lipinski definition) is 13. The van der Waals surface area contributed by atoms with E-state index in [1.807, 2.05) is 0 Å². The molecule has 5 fully saturated rings. The van der Waals surface area contributed by atoms with Gasteiger partial charge >= 0.3 is 0 Å². The highest BCUT2D eigenvalue weighted by molar-refractivity contribution is 4.96. The van der Waals surface area contributed by atoms with Gasteiger partial charge in [0.25, 0.3) is 0 Å². The lowest BCUT2D eigenvalue weighted by molar-refractivity contribution is -0.392. The van der Waals surface area contributed by atoms with Gasteiger partial charge < -0.3 is 109 Å². The van der Waals surface area contributed by atoms with Crippen LogP contribution in [-0.4, -0.2) is 228 Å². The normalized spacial score (nSPS) is 55.1. The van der Waals surface area contributed by atoms with Gasteiger partial charge in [-0.15, -0.1) is 0 Å². The molecule has 50 heavy (non-hydrogen) atoms. The first kappa shape index (κ1) is 40.3. The standard InChI is InChI=1S/C28H48O22/c1-6-11(31)16(36)18(38)25(44-6)49-22-13(33)8(30)4-42-27(22)47-10-5-43-28(48-21-14(34)9(3-29)46-24(41)20(21)40)23(15(10)35)50-26-19(39)17(37)12(32)7(2)45-26/h6-41H,3-5H2,1-2H3/t6-,7-,8-,9-,10-,11+,12-,13+,14-,15+,16+,17+,18-,19-,20-,21+,22-,23-,24?,25+,26+,27+,28+/m1/s1. The molecule has 5 aliphatic rings. The second-order valence-corrected chi connectivity index (χ2v) is 13.0. The molecule has 5 rings (SSSR count). The maximum absolute atomic E-state index is 11.6. The predicted molar refractivity (Wildman–Crippen MR) is 152 cm³/mol. The lowest BCUT2D eigenvalue weighted by Crippen LogP contribution is -2.66. The fourth-order valence-electron chi connectivity index (χ4n) is 6.28. The van der Waals surface area contributed by atoms with E-state index in [2.05, 4.69) is 0 Å². The van der Waals surface area contributed by atoms with Crippen LogP contribution >= 0.6 is 0 Å². The Bertz CT molecular complexity index is 1080. The van der Waals surface area contributed by atoms with Crippen molar-refractivity contribution in [3.8, 4) is 0 Å². The van der Waals surface area contributed by atoms with Crippen LogP contribution in [0.3, 0.4) is 0 Å². The van der Waals surface area contributed by atoms with Gasteiger partial charge in [-0.2, -0.15) is 0 Å². The molecule has 0 spiro atoms. The average molecular weight is 737 g/mol. The van der Waals surface area contributed by atoms with E-state index in [0.29, 0.717) is 0 Å². The molecular formula is C28H48O22. The van der Waals surface area contributed by atoms with Crippen LogP contribution in [0.1, 0.15) is 13.8 Å². The summed E-state index contributed by atoms with van der Waals surface area (Å²) in [6, 6.07) is 0. The largest absolute Gasteiger partial charge is 0.394 e. The maximum atomic E-state index is 11.6. The zero-order valence-electron chi connectivity index (χ0n) is 26.9. The van der Waals surface area contributed by atoms with Gasteiger partial charge in [0.2, 0.25) is 0 Å². The third kappa shape index (κ3) is 8.12. The van der Waals surface area contributed by atoms with Crippen molar-refractivity contribution in [2.24, 2.45) is 0 Å². The quantitative estimate of drug-likeness (QED) is 0.104. The molecule has 5 aliphatic heterocycles. The van der Waals surface area contributed by atoms with Crippen molar-refractivity contribution in [2.45, 2.75) is 155 Å². The third-order valence-corrected chi connectivity index (χ3v) is 9.48. The summed E-state index contributed by atoms with van der Waals surface area (Å²) in [6.45, 7) is 0.886. The van der Waals surface area contributed by atoms with Gasteiger partial charge in [-0.1, -0.05) is 0 Å². The number of ether oxygens (including phenoxy) is 9. The van der Waals surface area contributed by atoms with Gasteiger partial charge in [-0.25, -0.2) is 0 Å². The van der Waals surface area contributed by atoms with E-state index < -0.39 is 161 Å². The molecule has 22 heteroatoms. The van der Waals surface area contributed by atoms with Gasteiger partial charge in [-0.05, 0) is 13.8 Å². The highest BCUT2D eigenvalue weighted by atomic mass is 16.8. The molecular weight excluding hydrogens is 688 g/mol. The van der Waals surface area contributed by atoms with E-state index >= 15 is 0 Å². The molecule has 23 atom stereocenters. The summed E-state index contributed by atoms with van der Waals surface area (Å²) in [7, 11) is 0. The van der Waals surface area contributed by atoms with E-state index in [0.717, 1.165) is 0 Å². The lowest BCUT2D eigenvalue weighted by atomic mass is 9.97. The summed E-state index contributed by atoms with van der Waals surface area (Å²) >= 11 is 0. The molecule has 0 radical (unpaired) electrons. The molecule has 5 heterocycles. The highest BCUT2D eigenvalue weighted by Crippen LogP contribution is 2.34. The Labute approximate surface area is 284 Å². The molecule has 0 aliphatic carbocycles. The summed E-state index contributed by atoms with van der Waals surface area (Å²) < 4.78 is 50.3. The number of hydrogen-bond acceptors (Lipinski definition) is 22. The predicted octanol–water partition coefficient (Wildman–Crippen LogP) is -8.59. The van der Waals surface area contributed by atoms with Crippen LogP contribution in [0, 0.1) is 0 Å². The number of aliphatic hydroxyl groups is 13. The SMILES string of the molecule is C[C@H]1O[C@@H](O[C@H]2[C@H](O[C@@H]3CO[C@@H](O[C@H]4[C@H](O)[C@@H](CO)OC(O)[C@@H]4O)[C@H](O[C@@H]4O[C@H](C)[C@@H](O)[C@H](O)[C@H]4O)[C@H]3O)OC[C@@H](O)[C@@H]2O)[C@H](O)[C@@H](O)[C@H]1O. The van der Waals surface area contributed by atoms with E-state index in [-0.39, 0.29) is 0 Å². The molecule has 0 saturated carbocycles. The maximum Gasteiger partial charge on any atom is 0.187 e. The molecule has 0 aromatic rings. The second kappa shape index (κ2) is 16.6. The Hall–Kier alpha value is -0.880. The van der Waals surface area contributed by atoms with Crippen LogP contribution in [-0.2, 0) is 42.6 Å². The first-order chi connectivity index (χ1) is 23.5. The van der Waals surface area contributed by atoms with Crippen molar-refractivity contribution in [2.75, 3.05) is 19.8 Å². The zero-order chi connectivity index (χ0) is 36.8. The minimum absolute atomic E-state index is 0.499.